The van der Waals surface area contributed by atoms with Gasteiger partial charge in [-0.3, -0.25) is 0 Å². The molecule has 1 aromatic heterocycles. The minimum atomic E-state index is 0.243. The molecule has 6 heteroatoms. The van der Waals surface area contributed by atoms with Crippen molar-refractivity contribution in [2.45, 2.75) is 32.2 Å². The molecule has 18 heavy (non-hydrogen) atoms. The molecule has 1 saturated heterocycles. The molecule has 0 saturated carbocycles. The van der Waals surface area contributed by atoms with Crippen LogP contribution in [0.25, 0.3) is 0 Å². The highest BCUT2D eigenvalue weighted by molar-refractivity contribution is 6.32. The van der Waals surface area contributed by atoms with Gasteiger partial charge in [0, 0.05) is 12.6 Å². The standard InChI is InChI=1S/C12H20ClN5/c1-9(8-18-5-3-2-4-6-18)16-11-10(13)7-15-12(14)17-11/h7,9H,2-6,8H2,1H3,(H3,14,15,16,17). The monoisotopic (exact) mass is 269 g/mol. The van der Waals surface area contributed by atoms with E-state index in [0.717, 1.165) is 6.54 Å². The summed E-state index contributed by atoms with van der Waals surface area (Å²) in [5.41, 5.74) is 5.56. The van der Waals surface area contributed by atoms with Crippen LogP contribution in [-0.4, -0.2) is 40.5 Å². The van der Waals surface area contributed by atoms with Gasteiger partial charge in [0.25, 0.3) is 0 Å². The molecule has 0 radical (unpaired) electrons. The lowest BCUT2D eigenvalue weighted by molar-refractivity contribution is 0.223. The van der Waals surface area contributed by atoms with Gasteiger partial charge >= 0.3 is 0 Å². The minimum Gasteiger partial charge on any atom is -0.368 e. The van der Waals surface area contributed by atoms with E-state index in [1.165, 1.54) is 38.5 Å². The number of likely N-dealkylation sites (tertiary alicyclic amines) is 1. The first-order valence-corrected chi connectivity index (χ1v) is 6.80. The molecule has 0 bridgehead atoms. The number of nitrogen functional groups attached to an aromatic ring is 1. The van der Waals surface area contributed by atoms with Crippen molar-refractivity contribution < 1.29 is 0 Å². The van der Waals surface area contributed by atoms with Gasteiger partial charge in [0.2, 0.25) is 5.95 Å². The van der Waals surface area contributed by atoms with Crippen molar-refractivity contribution in [1.82, 2.24) is 14.9 Å². The summed E-state index contributed by atoms with van der Waals surface area (Å²) in [6.07, 6.45) is 5.48. The molecule has 100 valence electrons. The summed E-state index contributed by atoms with van der Waals surface area (Å²) >= 11 is 6.03. The topological polar surface area (TPSA) is 67.1 Å². The van der Waals surface area contributed by atoms with Gasteiger partial charge in [-0.25, -0.2) is 4.98 Å². The lowest BCUT2D eigenvalue weighted by Gasteiger charge is -2.29. The molecular weight excluding hydrogens is 250 g/mol. The van der Waals surface area contributed by atoms with Crippen LogP contribution >= 0.6 is 11.6 Å². The van der Waals surface area contributed by atoms with Crippen molar-refractivity contribution in [3.8, 4) is 0 Å². The van der Waals surface area contributed by atoms with E-state index in [2.05, 4.69) is 27.1 Å². The van der Waals surface area contributed by atoms with Gasteiger partial charge in [-0.05, 0) is 32.9 Å². The molecule has 0 spiro atoms. The number of nitrogens with one attached hydrogen (secondary N) is 1. The second kappa shape index (κ2) is 6.20. The van der Waals surface area contributed by atoms with E-state index in [-0.39, 0.29) is 12.0 Å². The number of piperidine rings is 1. The average molecular weight is 270 g/mol. The molecular formula is C12H20ClN5. The fourth-order valence-electron chi connectivity index (χ4n) is 2.29. The molecule has 3 N–H and O–H groups in total. The number of nitrogens with zero attached hydrogens (tertiary/aromatic N) is 3. The SMILES string of the molecule is CC(CN1CCCCC1)Nc1nc(N)ncc1Cl. The summed E-state index contributed by atoms with van der Waals surface area (Å²) < 4.78 is 0. The van der Waals surface area contributed by atoms with Gasteiger partial charge in [-0.1, -0.05) is 18.0 Å². The average Bonchev–Trinajstić information content (AvgIpc) is 2.35. The van der Waals surface area contributed by atoms with E-state index < -0.39 is 0 Å². The normalized spacial score (nSPS) is 18.6. The first-order valence-electron chi connectivity index (χ1n) is 6.42. The van der Waals surface area contributed by atoms with Crippen LogP contribution < -0.4 is 11.1 Å². The van der Waals surface area contributed by atoms with E-state index >= 15 is 0 Å². The number of nitrogens with two attached hydrogens (primary N) is 1. The Hall–Kier alpha value is -1.07. The first kappa shape index (κ1) is 13.4. The highest BCUT2D eigenvalue weighted by Crippen LogP contribution is 2.19. The Morgan fingerprint density at radius 1 is 1.44 bits per heavy atom. The third-order valence-corrected chi connectivity index (χ3v) is 3.40. The van der Waals surface area contributed by atoms with Gasteiger partial charge in [-0.2, -0.15) is 4.98 Å². The molecule has 1 aliphatic rings. The fraction of sp³-hybridized carbons (Fsp3) is 0.667. The Morgan fingerprint density at radius 2 is 2.17 bits per heavy atom. The minimum absolute atomic E-state index is 0.243. The predicted molar refractivity (Wildman–Crippen MR) is 74.8 cm³/mol. The summed E-state index contributed by atoms with van der Waals surface area (Å²) in [5, 5.41) is 3.80. The molecule has 2 rings (SSSR count). The molecule has 5 nitrogen and oxygen atoms in total. The summed E-state index contributed by atoms with van der Waals surface area (Å²) in [4.78, 5) is 10.4. The second-order valence-electron chi connectivity index (χ2n) is 4.83. The van der Waals surface area contributed by atoms with Gasteiger partial charge in [0.15, 0.2) is 5.82 Å². The highest BCUT2D eigenvalue weighted by atomic mass is 35.5. The third-order valence-electron chi connectivity index (χ3n) is 3.13. The predicted octanol–water partition coefficient (Wildman–Crippen LogP) is 2.00. The smallest absolute Gasteiger partial charge is 0.222 e. The van der Waals surface area contributed by atoms with Gasteiger partial charge in [-0.15, -0.1) is 0 Å². The Bertz CT molecular complexity index is 392. The number of aromatic nitrogens is 2. The van der Waals surface area contributed by atoms with Crippen LogP contribution in [0.2, 0.25) is 5.02 Å². The molecule has 0 amide bonds. The van der Waals surface area contributed by atoms with E-state index in [4.69, 9.17) is 17.3 Å². The van der Waals surface area contributed by atoms with Crippen molar-refractivity contribution in [1.29, 1.82) is 0 Å². The van der Waals surface area contributed by atoms with Crippen molar-refractivity contribution in [3.63, 3.8) is 0 Å². The maximum absolute atomic E-state index is 6.03. The van der Waals surface area contributed by atoms with Crippen LogP contribution in [0, 0.1) is 0 Å². The summed E-state index contributed by atoms with van der Waals surface area (Å²) in [5.74, 6) is 0.862. The van der Waals surface area contributed by atoms with Crippen LogP contribution in [0.15, 0.2) is 6.20 Å². The van der Waals surface area contributed by atoms with Gasteiger partial charge in [0.1, 0.15) is 5.02 Å². The molecule has 0 aliphatic carbocycles. The Kier molecular flexibility index (Phi) is 4.60. The Morgan fingerprint density at radius 3 is 2.89 bits per heavy atom. The van der Waals surface area contributed by atoms with E-state index in [0.29, 0.717) is 10.8 Å². The Balaban J connectivity index is 1.89. The summed E-state index contributed by atoms with van der Waals surface area (Å²) in [6.45, 7) is 5.50. The van der Waals surface area contributed by atoms with Gasteiger partial charge < -0.3 is 16.0 Å². The van der Waals surface area contributed by atoms with E-state index in [1.54, 1.807) is 0 Å². The van der Waals surface area contributed by atoms with Crippen LogP contribution in [0.3, 0.4) is 0 Å². The molecule has 1 aromatic rings. The second-order valence-corrected chi connectivity index (χ2v) is 5.24. The zero-order valence-corrected chi connectivity index (χ0v) is 11.5. The highest BCUT2D eigenvalue weighted by Gasteiger charge is 2.14. The zero-order chi connectivity index (χ0) is 13.0. The summed E-state index contributed by atoms with van der Waals surface area (Å²) in [7, 11) is 0. The van der Waals surface area contributed by atoms with E-state index in [1.807, 2.05) is 0 Å². The van der Waals surface area contributed by atoms with Crippen molar-refractivity contribution in [2.24, 2.45) is 0 Å². The summed E-state index contributed by atoms with van der Waals surface area (Å²) in [6, 6.07) is 0.287. The number of rotatable bonds is 4. The first-order chi connectivity index (χ1) is 8.65. The quantitative estimate of drug-likeness (QED) is 0.875. The van der Waals surface area contributed by atoms with Gasteiger partial charge in [0.05, 0.1) is 6.20 Å². The number of hydrogen-bond acceptors (Lipinski definition) is 5. The number of hydrogen-bond donors (Lipinski definition) is 2. The largest absolute Gasteiger partial charge is 0.368 e. The third kappa shape index (κ3) is 3.71. The number of halogens is 1. The molecule has 1 aliphatic heterocycles. The molecule has 1 atom stereocenters. The molecule has 1 fully saturated rings. The van der Waals surface area contributed by atoms with Crippen molar-refractivity contribution in [3.05, 3.63) is 11.2 Å². The van der Waals surface area contributed by atoms with Crippen LogP contribution in [0.1, 0.15) is 26.2 Å². The lowest BCUT2D eigenvalue weighted by atomic mass is 10.1. The molecule has 1 unspecified atom stereocenters. The lowest BCUT2D eigenvalue weighted by Crippen LogP contribution is -2.38. The van der Waals surface area contributed by atoms with E-state index in [9.17, 15) is 0 Å². The fourth-order valence-corrected chi connectivity index (χ4v) is 2.44. The Labute approximate surface area is 113 Å². The van der Waals surface area contributed by atoms with Crippen LogP contribution in [0.4, 0.5) is 11.8 Å². The molecule has 2 heterocycles. The maximum atomic E-state index is 6.03. The van der Waals surface area contributed by atoms with Crippen LogP contribution in [-0.2, 0) is 0 Å². The van der Waals surface area contributed by atoms with Crippen LogP contribution in [0.5, 0.6) is 0 Å². The van der Waals surface area contributed by atoms with Crippen molar-refractivity contribution >= 4 is 23.4 Å². The maximum Gasteiger partial charge on any atom is 0.222 e. The molecule has 0 aromatic carbocycles. The number of anilines is 2. The van der Waals surface area contributed by atoms with Crippen molar-refractivity contribution in [2.75, 3.05) is 30.7 Å². The zero-order valence-electron chi connectivity index (χ0n) is 10.7.